The summed E-state index contributed by atoms with van der Waals surface area (Å²) in [6, 6.07) is 3.91. The smallest absolute Gasteiger partial charge is 0.316 e. The molecule has 0 radical (unpaired) electrons. The maximum Gasteiger partial charge on any atom is 0.316 e. The van der Waals surface area contributed by atoms with E-state index in [4.69, 9.17) is 0 Å². The fourth-order valence-electron chi connectivity index (χ4n) is 2.86. The van der Waals surface area contributed by atoms with Gasteiger partial charge in [-0.05, 0) is 52.7 Å². The van der Waals surface area contributed by atoms with Crippen molar-refractivity contribution in [1.29, 1.82) is 0 Å². The summed E-state index contributed by atoms with van der Waals surface area (Å²) in [6.07, 6.45) is 1.09. The number of nitrogens with one attached hydrogen (secondary N) is 3. The maximum absolute atomic E-state index is 14.0. The summed E-state index contributed by atoms with van der Waals surface area (Å²) in [6.45, 7) is 7.49. The van der Waals surface area contributed by atoms with Gasteiger partial charge in [-0.25, -0.2) is 9.18 Å². The number of anilines is 1. The van der Waals surface area contributed by atoms with E-state index >= 15 is 0 Å². The second kappa shape index (κ2) is 8.37. The molecular formula is C19H27FN4O3. The SMILES string of the molecule is CC(NC(=O)NC1CCCN(c2ccccc2F)C1=O)C(=O)NC(C)(C)C. The van der Waals surface area contributed by atoms with Gasteiger partial charge in [0.05, 0.1) is 5.69 Å². The van der Waals surface area contributed by atoms with Gasteiger partial charge in [0, 0.05) is 12.1 Å². The quantitative estimate of drug-likeness (QED) is 0.748. The molecule has 7 nitrogen and oxygen atoms in total. The highest BCUT2D eigenvalue weighted by Crippen LogP contribution is 2.23. The molecule has 8 heteroatoms. The van der Waals surface area contributed by atoms with Gasteiger partial charge in [0.1, 0.15) is 17.9 Å². The highest BCUT2D eigenvalue weighted by molar-refractivity contribution is 6.00. The largest absolute Gasteiger partial charge is 0.350 e. The number of urea groups is 1. The molecule has 1 aliphatic heterocycles. The van der Waals surface area contributed by atoms with Gasteiger partial charge in [0.15, 0.2) is 0 Å². The summed E-state index contributed by atoms with van der Waals surface area (Å²) >= 11 is 0. The summed E-state index contributed by atoms with van der Waals surface area (Å²) in [5.41, 5.74) is -0.212. The number of halogens is 1. The second-order valence-corrected chi connectivity index (χ2v) is 7.71. The number of amides is 4. The van der Waals surface area contributed by atoms with Crippen LogP contribution in [0.5, 0.6) is 0 Å². The lowest BCUT2D eigenvalue weighted by molar-refractivity contribution is -0.124. The molecule has 0 spiro atoms. The van der Waals surface area contributed by atoms with Crippen LogP contribution in [0.3, 0.4) is 0 Å². The molecule has 0 aromatic heterocycles. The third kappa shape index (κ3) is 5.67. The first-order chi connectivity index (χ1) is 12.6. The van der Waals surface area contributed by atoms with E-state index in [0.717, 1.165) is 0 Å². The lowest BCUT2D eigenvalue weighted by Gasteiger charge is -2.33. The molecule has 0 saturated carbocycles. The zero-order valence-corrected chi connectivity index (χ0v) is 16.1. The Hall–Kier alpha value is -2.64. The molecule has 1 aliphatic rings. The van der Waals surface area contributed by atoms with Crippen LogP contribution in [0.15, 0.2) is 24.3 Å². The van der Waals surface area contributed by atoms with Crippen molar-refractivity contribution in [1.82, 2.24) is 16.0 Å². The number of benzene rings is 1. The summed E-state index contributed by atoms with van der Waals surface area (Å²) < 4.78 is 14.0. The van der Waals surface area contributed by atoms with E-state index in [1.165, 1.54) is 17.0 Å². The van der Waals surface area contributed by atoms with Gasteiger partial charge in [0.2, 0.25) is 11.8 Å². The van der Waals surface area contributed by atoms with Crippen LogP contribution >= 0.6 is 0 Å². The first-order valence-corrected chi connectivity index (χ1v) is 9.03. The predicted octanol–water partition coefficient (Wildman–Crippen LogP) is 1.92. The van der Waals surface area contributed by atoms with Crippen molar-refractivity contribution >= 4 is 23.5 Å². The fourth-order valence-corrected chi connectivity index (χ4v) is 2.86. The average Bonchev–Trinajstić information content (AvgIpc) is 2.56. The molecule has 4 amide bonds. The fraction of sp³-hybridized carbons (Fsp3) is 0.526. The Labute approximate surface area is 158 Å². The molecule has 1 aromatic carbocycles. The van der Waals surface area contributed by atoms with E-state index in [1.807, 2.05) is 20.8 Å². The lowest BCUT2D eigenvalue weighted by atomic mass is 10.0. The van der Waals surface area contributed by atoms with E-state index in [0.29, 0.717) is 19.4 Å². The minimum absolute atomic E-state index is 0.201. The number of piperidine rings is 1. The molecule has 1 fully saturated rings. The third-order valence-electron chi connectivity index (χ3n) is 4.13. The van der Waals surface area contributed by atoms with Gasteiger partial charge >= 0.3 is 6.03 Å². The molecule has 148 valence electrons. The molecule has 1 heterocycles. The van der Waals surface area contributed by atoms with Gasteiger partial charge in [-0.1, -0.05) is 12.1 Å². The molecule has 1 saturated heterocycles. The molecule has 1 aromatic rings. The molecule has 3 N–H and O–H groups in total. The van der Waals surface area contributed by atoms with Gasteiger partial charge in [-0.3, -0.25) is 9.59 Å². The van der Waals surface area contributed by atoms with Crippen LogP contribution in [0.1, 0.15) is 40.5 Å². The number of para-hydroxylation sites is 1. The molecular weight excluding hydrogens is 351 g/mol. The van der Waals surface area contributed by atoms with E-state index in [1.54, 1.807) is 19.1 Å². The van der Waals surface area contributed by atoms with Crippen LogP contribution in [-0.4, -0.2) is 42.0 Å². The number of nitrogens with zero attached hydrogens (tertiary/aromatic N) is 1. The van der Waals surface area contributed by atoms with Gasteiger partial charge < -0.3 is 20.9 Å². The summed E-state index contributed by atoms with van der Waals surface area (Å²) in [5.74, 6) is -1.17. The standard InChI is InChI=1S/C19H27FN4O3/c1-12(16(25)23-19(2,3)4)21-18(27)22-14-9-7-11-24(17(14)26)15-10-6-5-8-13(15)20/h5-6,8,10,12,14H,7,9,11H2,1-4H3,(H,23,25)(H2,21,22,27). The van der Waals surface area contributed by atoms with Gasteiger partial charge in [0.25, 0.3) is 0 Å². The highest BCUT2D eigenvalue weighted by atomic mass is 19.1. The molecule has 27 heavy (non-hydrogen) atoms. The molecule has 0 aliphatic carbocycles. The third-order valence-corrected chi connectivity index (χ3v) is 4.13. The number of carbonyl (C=O) groups is 3. The normalized spacial score (nSPS) is 18.6. The van der Waals surface area contributed by atoms with E-state index in [-0.39, 0.29) is 17.5 Å². The Morgan fingerprint density at radius 1 is 1.26 bits per heavy atom. The van der Waals surface area contributed by atoms with Crippen LogP contribution in [0.4, 0.5) is 14.9 Å². The van der Waals surface area contributed by atoms with Crippen molar-refractivity contribution in [2.75, 3.05) is 11.4 Å². The molecule has 2 rings (SSSR count). The Morgan fingerprint density at radius 2 is 1.93 bits per heavy atom. The van der Waals surface area contributed by atoms with E-state index in [2.05, 4.69) is 16.0 Å². The lowest BCUT2D eigenvalue weighted by Crippen LogP contribution is -2.57. The molecule has 2 atom stereocenters. The first kappa shape index (κ1) is 20.7. The first-order valence-electron chi connectivity index (χ1n) is 9.03. The van der Waals surface area contributed by atoms with Crippen LogP contribution in [0.2, 0.25) is 0 Å². The Balaban J connectivity index is 1.96. The van der Waals surface area contributed by atoms with Crippen molar-refractivity contribution in [2.24, 2.45) is 0 Å². The Bertz CT molecular complexity index is 717. The maximum atomic E-state index is 14.0. The van der Waals surface area contributed by atoms with Crippen LogP contribution < -0.4 is 20.9 Å². The monoisotopic (exact) mass is 378 g/mol. The number of rotatable bonds is 4. The number of carbonyl (C=O) groups excluding carboxylic acids is 3. The molecule has 2 unspecified atom stereocenters. The highest BCUT2D eigenvalue weighted by Gasteiger charge is 2.32. The number of hydrogen-bond donors (Lipinski definition) is 3. The van der Waals surface area contributed by atoms with Crippen molar-refractivity contribution in [3.63, 3.8) is 0 Å². The predicted molar refractivity (Wildman–Crippen MR) is 101 cm³/mol. The second-order valence-electron chi connectivity index (χ2n) is 7.71. The summed E-state index contributed by atoms with van der Waals surface area (Å²) in [5, 5.41) is 7.90. The number of hydrogen-bond acceptors (Lipinski definition) is 3. The Kier molecular flexibility index (Phi) is 6.41. The van der Waals surface area contributed by atoms with Crippen molar-refractivity contribution in [3.8, 4) is 0 Å². The average molecular weight is 378 g/mol. The zero-order valence-electron chi connectivity index (χ0n) is 16.1. The van der Waals surface area contributed by atoms with Gasteiger partial charge in [-0.2, -0.15) is 0 Å². The van der Waals surface area contributed by atoms with Crippen molar-refractivity contribution in [3.05, 3.63) is 30.1 Å². The minimum atomic E-state index is -0.767. The minimum Gasteiger partial charge on any atom is -0.350 e. The van der Waals surface area contributed by atoms with Crippen LogP contribution in [-0.2, 0) is 9.59 Å². The van der Waals surface area contributed by atoms with Crippen LogP contribution in [0, 0.1) is 5.82 Å². The van der Waals surface area contributed by atoms with Gasteiger partial charge in [-0.15, -0.1) is 0 Å². The Morgan fingerprint density at radius 3 is 2.56 bits per heavy atom. The summed E-state index contributed by atoms with van der Waals surface area (Å²) in [4.78, 5) is 38.3. The van der Waals surface area contributed by atoms with Crippen LogP contribution in [0.25, 0.3) is 0 Å². The van der Waals surface area contributed by atoms with E-state index in [9.17, 15) is 18.8 Å². The zero-order chi connectivity index (χ0) is 20.2. The van der Waals surface area contributed by atoms with Crippen molar-refractivity contribution < 1.29 is 18.8 Å². The van der Waals surface area contributed by atoms with E-state index < -0.39 is 29.5 Å². The summed E-state index contributed by atoms with van der Waals surface area (Å²) in [7, 11) is 0. The topological polar surface area (TPSA) is 90.5 Å². The molecule has 0 bridgehead atoms. The van der Waals surface area contributed by atoms with Crippen molar-refractivity contribution in [2.45, 2.75) is 58.2 Å².